The minimum atomic E-state index is 0.198. The van der Waals surface area contributed by atoms with Gasteiger partial charge >= 0.3 is 0 Å². The van der Waals surface area contributed by atoms with Crippen molar-refractivity contribution in [3.8, 4) is 0 Å². The van der Waals surface area contributed by atoms with E-state index in [0.717, 1.165) is 18.8 Å². The third-order valence-corrected chi connectivity index (χ3v) is 1.98. The highest BCUT2D eigenvalue weighted by atomic mass is 16.1. The van der Waals surface area contributed by atoms with E-state index in [4.69, 9.17) is 0 Å². The van der Waals surface area contributed by atoms with Crippen LogP contribution >= 0.6 is 0 Å². The Hall–Kier alpha value is -0.590. The lowest BCUT2D eigenvalue weighted by Crippen LogP contribution is -1.85. The molecule has 0 aromatic rings. The monoisotopic (exact) mass is 138 g/mol. The number of carbonyl (C=O) groups excluding carboxylic acids is 1. The van der Waals surface area contributed by atoms with Gasteiger partial charge in [0.1, 0.15) is 0 Å². The molecule has 56 valence electrons. The lowest BCUT2D eigenvalue weighted by Gasteiger charge is -1.94. The van der Waals surface area contributed by atoms with Crippen LogP contribution < -0.4 is 0 Å². The van der Waals surface area contributed by atoms with E-state index >= 15 is 0 Å². The molecule has 1 atom stereocenters. The van der Waals surface area contributed by atoms with Crippen molar-refractivity contribution in [2.45, 2.75) is 33.1 Å². The van der Waals surface area contributed by atoms with Crippen LogP contribution in [0.4, 0.5) is 0 Å². The summed E-state index contributed by atoms with van der Waals surface area (Å²) in [6, 6.07) is 0. The molecule has 1 saturated carbocycles. The normalized spacial score (nSPS) is 29.4. The molecule has 0 aromatic carbocycles. The van der Waals surface area contributed by atoms with Gasteiger partial charge in [-0.25, -0.2) is 0 Å². The number of carbonyl (C=O) groups is 1. The van der Waals surface area contributed by atoms with E-state index in [9.17, 15) is 4.79 Å². The SMILES string of the molecule is CC(=O)/C=C1\CCC(C)C1. The van der Waals surface area contributed by atoms with Crippen LogP contribution in [0.15, 0.2) is 11.6 Å². The fourth-order valence-electron chi connectivity index (χ4n) is 1.50. The summed E-state index contributed by atoms with van der Waals surface area (Å²) < 4.78 is 0. The van der Waals surface area contributed by atoms with E-state index in [1.54, 1.807) is 13.0 Å². The summed E-state index contributed by atoms with van der Waals surface area (Å²) in [4.78, 5) is 10.6. The first-order valence-corrected chi connectivity index (χ1v) is 3.88. The Morgan fingerprint density at radius 3 is 2.80 bits per heavy atom. The Bertz CT molecular complexity index is 168. The van der Waals surface area contributed by atoms with Gasteiger partial charge in [-0.05, 0) is 38.2 Å². The van der Waals surface area contributed by atoms with Crippen LogP contribution in [0.25, 0.3) is 0 Å². The topological polar surface area (TPSA) is 17.1 Å². The Balaban J connectivity index is 2.51. The zero-order valence-electron chi connectivity index (χ0n) is 6.68. The van der Waals surface area contributed by atoms with Crippen molar-refractivity contribution in [3.63, 3.8) is 0 Å². The lowest BCUT2D eigenvalue weighted by molar-refractivity contribution is -0.112. The van der Waals surface area contributed by atoms with Gasteiger partial charge in [-0.2, -0.15) is 0 Å². The zero-order valence-corrected chi connectivity index (χ0v) is 6.68. The predicted molar refractivity (Wildman–Crippen MR) is 41.8 cm³/mol. The predicted octanol–water partition coefficient (Wildman–Crippen LogP) is 2.32. The van der Waals surface area contributed by atoms with Crippen molar-refractivity contribution >= 4 is 5.78 Å². The summed E-state index contributed by atoms with van der Waals surface area (Å²) >= 11 is 0. The highest BCUT2D eigenvalue weighted by molar-refractivity contribution is 5.88. The second kappa shape index (κ2) is 3.00. The molecular weight excluding hydrogens is 124 g/mol. The molecule has 1 fully saturated rings. The number of rotatable bonds is 1. The van der Waals surface area contributed by atoms with Gasteiger partial charge in [-0.3, -0.25) is 4.79 Å². The van der Waals surface area contributed by atoms with Crippen molar-refractivity contribution in [2.24, 2.45) is 5.92 Å². The summed E-state index contributed by atoms with van der Waals surface area (Å²) in [5.41, 5.74) is 1.35. The van der Waals surface area contributed by atoms with E-state index in [-0.39, 0.29) is 5.78 Å². The fraction of sp³-hybridized carbons (Fsp3) is 0.667. The summed E-state index contributed by atoms with van der Waals surface area (Å²) in [5.74, 6) is 0.995. The Morgan fingerprint density at radius 2 is 2.40 bits per heavy atom. The quantitative estimate of drug-likeness (QED) is 0.508. The average Bonchev–Trinajstić information content (AvgIpc) is 2.13. The van der Waals surface area contributed by atoms with E-state index in [1.807, 2.05) is 0 Å². The lowest BCUT2D eigenvalue weighted by atomic mass is 10.1. The highest BCUT2D eigenvalue weighted by Gasteiger charge is 2.14. The molecule has 0 aliphatic heterocycles. The van der Waals surface area contributed by atoms with Crippen LogP contribution in [0.1, 0.15) is 33.1 Å². The molecule has 1 unspecified atom stereocenters. The molecule has 10 heavy (non-hydrogen) atoms. The van der Waals surface area contributed by atoms with Crippen LogP contribution in [0.2, 0.25) is 0 Å². The molecule has 1 aliphatic carbocycles. The van der Waals surface area contributed by atoms with Gasteiger partial charge in [0.25, 0.3) is 0 Å². The van der Waals surface area contributed by atoms with Crippen LogP contribution in [-0.4, -0.2) is 5.78 Å². The first-order valence-electron chi connectivity index (χ1n) is 3.88. The molecule has 0 saturated heterocycles. The molecule has 0 radical (unpaired) electrons. The van der Waals surface area contributed by atoms with Gasteiger partial charge in [-0.1, -0.05) is 12.5 Å². The van der Waals surface area contributed by atoms with Crippen molar-refractivity contribution in [1.29, 1.82) is 0 Å². The molecule has 0 heterocycles. The molecule has 0 aromatic heterocycles. The second-order valence-electron chi connectivity index (χ2n) is 3.26. The molecule has 1 nitrogen and oxygen atoms in total. The second-order valence-corrected chi connectivity index (χ2v) is 3.26. The first-order chi connectivity index (χ1) is 4.68. The maximum atomic E-state index is 10.6. The number of hydrogen-bond donors (Lipinski definition) is 0. The van der Waals surface area contributed by atoms with Gasteiger partial charge in [0, 0.05) is 0 Å². The van der Waals surface area contributed by atoms with Gasteiger partial charge in [-0.15, -0.1) is 0 Å². The van der Waals surface area contributed by atoms with Crippen LogP contribution in [-0.2, 0) is 4.79 Å². The van der Waals surface area contributed by atoms with Gasteiger partial charge in [0.05, 0.1) is 0 Å². The van der Waals surface area contributed by atoms with Crippen LogP contribution in [0, 0.1) is 5.92 Å². The molecule has 1 rings (SSSR count). The zero-order chi connectivity index (χ0) is 7.56. The molecule has 1 aliphatic rings. The number of allylic oxidation sites excluding steroid dienone is 2. The largest absolute Gasteiger partial charge is 0.295 e. The van der Waals surface area contributed by atoms with E-state index in [2.05, 4.69) is 6.92 Å². The van der Waals surface area contributed by atoms with Crippen LogP contribution in [0.3, 0.4) is 0 Å². The minimum Gasteiger partial charge on any atom is -0.295 e. The van der Waals surface area contributed by atoms with Crippen molar-refractivity contribution in [1.82, 2.24) is 0 Å². The first kappa shape index (κ1) is 7.52. The molecule has 0 amide bonds. The smallest absolute Gasteiger partial charge is 0.152 e. The van der Waals surface area contributed by atoms with Gasteiger partial charge < -0.3 is 0 Å². The summed E-state index contributed by atoms with van der Waals surface area (Å²) in [6.07, 6.45) is 5.34. The highest BCUT2D eigenvalue weighted by Crippen LogP contribution is 2.29. The molecule has 0 bridgehead atoms. The summed E-state index contributed by atoms with van der Waals surface area (Å²) in [6.45, 7) is 3.86. The third kappa shape index (κ3) is 1.98. The summed E-state index contributed by atoms with van der Waals surface area (Å²) in [7, 11) is 0. The van der Waals surface area contributed by atoms with E-state index in [0.29, 0.717) is 0 Å². The number of ketones is 1. The van der Waals surface area contributed by atoms with Crippen molar-refractivity contribution in [2.75, 3.05) is 0 Å². The summed E-state index contributed by atoms with van der Waals surface area (Å²) in [5, 5.41) is 0. The maximum absolute atomic E-state index is 10.6. The third-order valence-electron chi connectivity index (χ3n) is 1.98. The van der Waals surface area contributed by atoms with E-state index in [1.165, 1.54) is 12.0 Å². The van der Waals surface area contributed by atoms with Gasteiger partial charge in [0.2, 0.25) is 0 Å². The Labute approximate surface area is 62.1 Å². The molecule has 0 N–H and O–H groups in total. The van der Waals surface area contributed by atoms with Gasteiger partial charge in [0.15, 0.2) is 5.78 Å². The van der Waals surface area contributed by atoms with Crippen molar-refractivity contribution in [3.05, 3.63) is 11.6 Å². The fourth-order valence-corrected chi connectivity index (χ4v) is 1.50. The Morgan fingerprint density at radius 1 is 1.70 bits per heavy atom. The number of hydrogen-bond acceptors (Lipinski definition) is 1. The van der Waals surface area contributed by atoms with E-state index < -0.39 is 0 Å². The molecular formula is C9H14O. The van der Waals surface area contributed by atoms with Crippen LogP contribution in [0.5, 0.6) is 0 Å². The molecule has 0 spiro atoms. The minimum absolute atomic E-state index is 0.198. The maximum Gasteiger partial charge on any atom is 0.152 e. The molecule has 1 heteroatoms. The Kier molecular flexibility index (Phi) is 2.25. The standard InChI is InChI=1S/C9H14O/c1-7-3-4-9(5-7)6-8(2)10/h6-7H,3-5H2,1-2H3/b9-6+. The van der Waals surface area contributed by atoms with Crippen molar-refractivity contribution < 1.29 is 4.79 Å². The average molecular weight is 138 g/mol.